The van der Waals surface area contributed by atoms with Crippen LogP contribution in [0.5, 0.6) is 0 Å². The first-order valence-electron chi connectivity index (χ1n) is 11.7. The molecule has 4 rings (SSSR count). The van der Waals surface area contributed by atoms with Crippen LogP contribution < -0.4 is 5.69 Å². The molecular weight excluding hydrogens is 408 g/mol. The minimum atomic E-state index is -0.100. The van der Waals surface area contributed by atoms with Gasteiger partial charge in [-0.2, -0.15) is 9.36 Å². The molecule has 1 saturated carbocycles. The van der Waals surface area contributed by atoms with E-state index in [2.05, 4.69) is 22.3 Å². The molecule has 2 unspecified atom stereocenters. The van der Waals surface area contributed by atoms with Gasteiger partial charge in [0.25, 0.3) is 0 Å². The van der Waals surface area contributed by atoms with Gasteiger partial charge in [0.2, 0.25) is 5.91 Å². The van der Waals surface area contributed by atoms with Crippen LogP contribution >= 0.6 is 0 Å². The molecule has 0 N–H and O–H groups in total. The second-order valence-corrected chi connectivity index (χ2v) is 9.11. The minimum Gasteiger partial charge on any atom is -0.301 e. The maximum absolute atomic E-state index is 12.6. The van der Waals surface area contributed by atoms with Crippen LogP contribution in [0.15, 0.2) is 35.1 Å². The Kier molecular flexibility index (Phi) is 7.36. The van der Waals surface area contributed by atoms with Crippen molar-refractivity contribution < 1.29 is 9.63 Å². The summed E-state index contributed by atoms with van der Waals surface area (Å²) in [6.07, 6.45) is 5.18. The number of tetrazole rings is 1. The molecule has 2 heterocycles. The molecule has 2 atom stereocenters. The number of hydroxylamine groups is 2. The summed E-state index contributed by atoms with van der Waals surface area (Å²) in [5.74, 6) is 0.190. The molecule has 2 aromatic rings. The third kappa shape index (κ3) is 5.27. The summed E-state index contributed by atoms with van der Waals surface area (Å²) in [6.45, 7) is 7.06. The monoisotopic (exact) mass is 442 g/mol. The van der Waals surface area contributed by atoms with E-state index in [-0.39, 0.29) is 29.6 Å². The SMILES string of the molecule is CC(=O)N(OCc1ccccc1)C1CCN(CCn2nnn(C3CCCC3)c2=O)CC1C. The zero-order valence-corrected chi connectivity index (χ0v) is 19.1. The molecule has 1 aliphatic carbocycles. The molecule has 1 aliphatic heterocycles. The van der Waals surface area contributed by atoms with Crippen LogP contribution in [0.3, 0.4) is 0 Å². The van der Waals surface area contributed by atoms with Gasteiger partial charge in [-0.3, -0.25) is 9.63 Å². The fourth-order valence-corrected chi connectivity index (χ4v) is 4.95. The fourth-order valence-electron chi connectivity index (χ4n) is 4.95. The van der Waals surface area contributed by atoms with Crippen LogP contribution in [0, 0.1) is 5.92 Å². The first-order chi connectivity index (χ1) is 15.5. The molecule has 9 heteroatoms. The van der Waals surface area contributed by atoms with Crippen molar-refractivity contribution in [2.45, 2.75) is 71.2 Å². The van der Waals surface area contributed by atoms with Crippen molar-refractivity contribution in [1.82, 2.24) is 29.8 Å². The van der Waals surface area contributed by atoms with E-state index in [9.17, 15) is 9.59 Å². The lowest BCUT2D eigenvalue weighted by atomic mass is 9.93. The van der Waals surface area contributed by atoms with Gasteiger partial charge in [-0.1, -0.05) is 50.1 Å². The summed E-state index contributed by atoms with van der Waals surface area (Å²) < 4.78 is 3.05. The number of likely N-dealkylation sites (tertiary alicyclic amines) is 1. The maximum atomic E-state index is 12.6. The number of hydrogen-bond donors (Lipinski definition) is 0. The van der Waals surface area contributed by atoms with Gasteiger partial charge in [0.05, 0.1) is 18.6 Å². The third-order valence-electron chi connectivity index (χ3n) is 6.73. The summed E-state index contributed by atoms with van der Waals surface area (Å²) in [6, 6.07) is 10.1. The first-order valence-corrected chi connectivity index (χ1v) is 11.7. The smallest absolute Gasteiger partial charge is 0.301 e. The minimum absolute atomic E-state index is 0.0402. The number of rotatable bonds is 8. The highest BCUT2D eigenvalue weighted by molar-refractivity contribution is 5.72. The third-order valence-corrected chi connectivity index (χ3v) is 6.73. The molecule has 1 saturated heterocycles. The number of carbonyl (C=O) groups is 1. The number of carbonyl (C=O) groups excluding carboxylic acids is 1. The van der Waals surface area contributed by atoms with Gasteiger partial charge in [-0.25, -0.2) is 9.86 Å². The number of aromatic nitrogens is 4. The molecule has 1 aromatic heterocycles. The van der Waals surface area contributed by atoms with Crippen molar-refractivity contribution >= 4 is 5.91 Å². The van der Waals surface area contributed by atoms with E-state index >= 15 is 0 Å². The van der Waals surface area contributed by atoms with E-state index in [1.54, 1.807) is 16.7 Å². The lowest BCUT2D eigenvalue weighted by Gasteiger charge is -2.41. The maximum Gasteiger partial charge on any atom is 0.363 e. The number of nitrogens with zero attached hydrogens (tertiary/aromatic N) is 6. The van der Waals surface area contributed by atoms with E-state index < -0.39 is 0 Å². The van der Waals surface area contributed by atoms with E-state index in [0.717, 1.165) is 57.3 Å². The van der Waals surface area contributed by atoms with Gasteiger partial charge >= 0.3 is 5.69 Å². The van der Waals surface area contributed by atoms with Crippen molar-refractivity contribution in [1.29, 1.82) is 0 Å². The normalized spacial score (nSPS) is 22.3. The molecule has 9 nitrogen and oxygen atoms in total. The van der Waals surface area contributed by atoms with Crippen LogP contribution in [0.4, 0.5) is 0 Å². The van der Waals surface area contributed by atoms with Crippen molar-refractivity contribution in [3.8, 4) is 0 Å². The Balaban J connectivity index is 1.29. The van der Waals surface area contributed by atoms with Crippen LogP contribution in [0.25, 0.3) is 0 Å². The summed E-state index contributed by atoms with van der Waals surface area (Å²) >= 11 is 0. The molecule has 0 spiro atoms. The zero-order valence-electron chi connectivity index (χ0n) is 19.1. The Bertz CT molecular complexity index is 937. The van der Waals surface area contributed by atoms with Gasteiger partial charge in [-0.15, -0.1) is 0 Å². The van der Waals surface area contributed by atoms with E-state index in [4.69, 9.17) is 4.84 Å². The Morgan fingerprint density at radius 3 is 2.56 bits per heavy atom. The highest BCUT2D eigenvalue weighted by Crippen LogP contribution is 2.27. The predicted octanol–water partition coefficient (Wildman–Crippen LogP) is 2.25. The van der Waals surface area contributed by atoms with Gasteiger partial charge in [0.15, 0.2) is 0 Å². The van der Waals surface area contributed by atoms with Crippen LogP contribution in [0.2, 0.25) is 0 Å². The van der Waals surface area contributed by atoms with E-state index in [1.807, 2.05) is 30.3 Å². The van der Waals surface area contributed by atoms with Crippen molar-refractivity contribution in [2.75, 3.05) is 19.6 Å². The first kappa shape index (κ1) is 22.7. The number of benzene rings is 1. The number of hydrogen-bond acceptors (Lipinski definition) is 6. The number of amides is 1. The molecular formula is C23H34N6O3. The molecule has 0 radical (unpaired) electrons. The molecule has 2 aliphatic rings. The Hall–Kier alpha value is -2.52. The Labute approximate surface area is 188 Å². The second kappa shape index (κ2) is 10.4. The molecule has 1 amide bonds. The van der Waals surface area contributed by atoms with Crippen LogP contribution in [-0.2, 0) is 22.8 Å². The topological polar surface area (TPSA) is 85.5 Å². The molecule has 0 bridgehead atoms. The lowest BCUT2D eigenvalue weighted by molar-refractivity contribution is -0.214. The second-order valence-electron chi connectivity index (χ2n) is 9.11. The predicted molar refractivity (Wildman–Crippen MR) is 120 cm³/mol. The lowest BCUT2D eigenvalue weighted by Crippen LogP contribution is -2.52. The van der Waals surface area contributed by atoms with Gasteiger partial charge in [0.1, 0.15) is 6.61 Å². The summed E-state index contributed by atoms with van der Waals surface area (Å²) in [4.78, 5) is 33.2. The van der Waals surface area contributed by atoms with Crippen LogP contribution in [-0.4, -0.2) is 61.3 Å². The van der Waals surface area contributed by atoms with Gasteiger partial charge < -0.3 is 4.90 Å². The van der Waals surface area contributed by atoms with E-state index in [1.165, 1.54) is 4.68 Å². The van der Waals surface area contributed by atoms with Crippen molar-refractivity contribution in [3.05, 3.63) is 46.4 Å². The largest absolute Gasteiger partial charge is 0.363 e. The summed E-state index contributed by atoms with van der Waals surface area (Å²) in [5.41, 5.74) is 0.942. The van der Waals surface area contributed by atoms with Gasteiger partial charge in [-0.05, 0) is 41.2 Å². The Morgan fingerprint density at radius 1 is 1.12 bits per heavy atom. The fraction of sp³-hybridized carbons (Fsp3) is 0.652. The summed E-state index contributed by atoms with van der Waals surface area (Å²) in [5, 5.41) is 9.78. The standard InChI is InChI=1S/C23H34N6O3/c1-18-16-26(14-15-27-23(31)28(25-24-27)21-10-6-7-11-21)13-12-22(18)29(19(2)30)32-17-20-8-4-3-5-9-20/h3-5,8-9,18,21-22H,6-7,10-17H2,1-2H3. The molecule has 1 aromatic carbocycles. The molecule has 174 valence electrons. The highest BCUT2D eigenvalue weighted by atomic mass is 16.7. The summed E-state index contributed by atoms with van der Waals surface area (Å²) in [7, 11) is 0. The average Bonchev–Trinajstić information content (AvgIpc) is 3.44. The van der Waals surface area contributed by atoms with Crippen LogP contribution in [0.1, 0.15) is 57.6 Å². The van der Waals surface area contributed by atoms with Crippen molar-refractivity contribution in [2.24, 2.45) is 5.92 Å². The number of piperidine rings is 1. The van der Waals surface area contributed by atoms with Gasteiger partial charge in [0, 0.05) is 26.6 Å². The molecule has 32 heavy (non-hydrogen) atoms. The molecule has 2 fully saturated rings. The average molecular weight is 443 g/mol. The zero-order chi connectivity index (χ0) is 22.5. The van der Waals surface area contributed by atoms with E-state index in [0.29, 0.717) is 13.2 Å². The Morgan fingerprint density at radius 2 is 1.88 bits per heavy atom. The van der Waals surface area contributed by atoms with Crippen molar-refractivity contribution in [3.63, 3.8) is 0 Å². The quantitative estimate of drug-likeness (QED) is 0.583. The highest BCUT2D eigenvalue weighted by Gasteiger charge is 2.33.